The number of alkyl halides is 1. The zero-order valence-electron chi connectivity index (χ0n) is 13.6. The van der Waals surface area contributed by atoms with Crippen LogP contribution in [0.2, 0.25) is 0 Å². The predicted molar refractivity (Wildman–Crippen MR) is 85.0 cm³/mol. The Morgan fingerprint density at radius 3 is 2.87 bits per heavy atom. The normalized spacial score (nSPS) is 40.2. The van der Waals surface area contributed by atoms with Crippen molar-refractivity contribution in [3.05, 3.63) is 0 Å². The molecule has 3 amide bonds. The van der Waals surface area contributed by atoms with Crippen LogP contribution in [-0.2, 0) is 14.3 Å². The first-order valence-corrected chi connectivity index (χ1v) is 8.92. The Balaban J connectivity index is 1.61. The van der Waals surface area contributed by atoms with Gasteiger partial charge in [0.1, 0.15) is 6.23 Å². The third-order valence-corrected chi connectivity index (χ3v) is 5.58. The highest BCUT2D eigenvalue weighted by Crippen LogP contribution is 2.41. The van der Waals surface area contributed by atoms with E-state index in [9.17, 15) is 9.59 Å². The molecule has 0 spiro atoms. The molecule has 0 aromatic carbocycles. The average molecular weight is 345 g/mol. The highest BCUT2D eigenvalue weighted by atomic mass is 35.5. The van der Waals surface area contributed by atoms with Crippen LogP contribution in [0.15, 0.2) is 0 Å². The van der Waals surface area contributed by atoms with Gasteiger partial charge in [0.15, 0.2) is 0 Å². The lowest BCUT2D eigenvalue weighted by atomic mass is 9.76. The van der Waals surface area contributed by atoms with Gasteiger partial charge >= 0.3 is 6.03 Å². The van der Waals surface area contributed by atoms with Gasteiger partial charge in [-0.15, -0.1) is 11.6 Å². The molecule has 6 unspecified atom stereocenters. The number of ether oxygens (including phenoxy) is 2. The average Bonchev–Trinajstić information content (AvgIpc) is 2.48. The molecule has 2 N–H and O–H groups in total. The predicted octanol–water partition coefficient (Wildman–Crippen LogP) is 2.01. The van der Waals surface area contributed by atoms with Gasteiger partial charge in [0.05, 0.1) is 23.5 Å². The minimum atomic E-state index is -0.576. The smallest absolute Gasteiger partial charge is 0.323 e. The van der Waals surface area contributed by atoms with E-state index in [1.165, 1.54) is 0 Å². The van der Waals surface area contributed by atoms with Crippen LogP contribution < -0.4 is 10.6 Å². The Labute approximate surface area is 141 Å². The molecule has 23 heavy (non-hydrogen) atoms. The van der Waals surface area contributed by atoms with Crippen LogP contribution >= 0.6 is 11.6 Å². The Morgan fingerprint density at radius 2 is 2.13 bits per heavy atom. The molecule has 1 aliphatic carbocycles. The number of nitrogens with one attached hydrogen (secondary N) is 2. The number of fused-ring (bicyclic) bond motifs is 2. The zero-order valence-corrected chi connectivity index (χ0v) is 14.3. The maximum absolute atomic E-state index is 12.0. The Hall–Kier alpha value is -0.850. The molecule has 6 atom stereocenters. The summed E-state index contributed by atoms with van der Waals surface area (Å²) >= 11 is 6.61. The molecule has 2 saturated heterocycles. The molecule has 130 valence electrons. The molecule has 3 aliphatic rings. The molecule has 0 bridgehead atoms. The van der Waals surface area contributed by atoms with E-state index in [1.54, 1.807) is 0 Å². The zero-order chi connectivity index (χ0) is 16.6. The van der Waals surface area contributed by atoms with Crippen LogP contribution in [0.5, 0.6) is 0 Å². The molecule has 3 fully saturated rings. The first kappa shape index (κ1) is 17.0. The molecular formula is C16H25ClN2O4. The highest BCUT2D eigenvalue weighted by molar-refractivity contribution is 6.21. The van der Waals surface area contributed by atoms with E-state index in [0.717, 1.165) is 19.3 Å². The number of rotatable bonds is 4. The minimum Gasteiger partial charge on any atom is -0.377 e. The van der Waals surface area contributed by atoms with Gasteiger partial charge < -0.3 is 14.8 Å². The number of imide groups is 1. The maximum atomic E-state index is 12.0. The number of amides is 3. The molecule has 1 saturated carbocycles. The van der Waals surface area contributed by atoms with Crippen molar-refractivity contribution in [2.24, 2.45) is 17.8 Å². The summed E-state index contributed by atoms with van der Waals surface area (Å²) in [6, 6.07) is -0.499. The number of halogens is 1. The van der Waals surface area contributed by atoms with E-state index in [2.05, 4.69) is 24.5 Å². The number of carbonyl (C=O) groups is 2. The summed E-state index contributed by atoms with van der Waals surface area (Å²) in [5, 5.41) is 4.74. The monoisotopic (exact) mass is 344 g/mol. The Kier molecular flexibility index (Phi) is 5.13. The molecule has 7 heteroatoms. The van der Waals surface area contributed by atoms with Crippen molar-refractivity contribution in [1.82, 2.24) is 10.6 Å². The van der Waals surface area contributed by atoms with Crippen LogP contribution in [0.3, 0.4) is 0 Å². The van der Waals surface area contributed by atoms with Crippen LogP contribution in [0.1, 0.15) is 39.5 Å². The summed E-state index contributed by atoms with van der Waals surface area (Å²) in [6.07, 6.45) is 2.75. The van der Waals surface area contributed by atoms with E-state index < -0.39 is 12.3 Å². The number of hydrogen-bond donors (Lipinski definition) is 2. The first-order chi connectivity index (χ1) is 11.0. The number of hydrogen-bond acceptors (Lipinski definition) is 4. The van der Waals surface area contributed by atoms with Crippen molar-refractivity contribution in [1.29, 1.82) is 0 Å². The van der Waals surface area contributed by atoms with Gasteiger partial charge in [-0.2, -0.15) is 0 Å². The van der Waals surface area contributed by atoms with Crippen LogP contribution in [0.4, 0.5) is 4.79 Å². The highest BCUT2D eigenvalue weighted by Gasteiger charge is 2.50. The second-order valence-corrected chi connectivity index (χ2v) is 7.70. The van der Waals surface area contributed by atoms with Crippen molar-refractivity contribution in [2.75, 3.05) is 6.61 Å². The van der Waals surface area contributed by atoms with Crippen molar-refractivity contribution < 1.29 is 19.1 Å². The number of urea groups is 1. The summed E-state index contributed by atoms with van der Waals surface area (Å²) in [4.78, 5) is 23.4. The lowest BCUT2D eigenvalue weighted by molar-refractivity contribution is -0.170. The largest absolute Gasteiger partial charge is 0.377 e. The van der Waals surface area contributed by atoms with Crippen LogP contribution in [0.25, 0.3) is 0 Å². The molecule has 0 aromatic rings. The van der Waals surface area contributed by atoms with E-state index >= 15 is 0 Å². The molecule has 2 aliphatic heterocycles. The third-order valence-electron chi connectivity index (χ3n) is 5.06. The van der Waals surface area contributed by atoms with Gasteiger partial charge in [0.2, 0.25) is 5.91 Å². The molecule has 6 nitrogen and oxygen atoms in total. The van der Waals surface area contributed by atoms with Crippen molar-refractivity contribution in [2.45, 2.75) is 63.3 Å². The van der Waals surface area contributed by atoms with Crippen molar-refractivity contribution >= 4 is 23.5 Å². The fourth-order valence-corrected chi connectivity index (χ4v) is 4.17. The quantitative estimate of drug-likeness (QED) is 0.765. The van der Waals surface area contributed by atoms with Gasteiger partial charge in [-0.1, -0.05) is 13.8 Å². The molecular weight excluding hydrogens is 320 g/mol. The maximum Gasteiger partial charge on any atom is 0.323 e. The van der Waals surface area contributed by atoms with Gasteiger partial charge in [-0.3, -0.25) is 10.1 Å². The van der Waals surface area contributed by atoms with Crippen molar-refractivity contribution in [3.8, 4) is 0 Å². The molecule has 3 rings (SSSR count). The Bertz CT molecular complexity index is 473. The first-order valence-electron chi connectivity index (χ1n) is 8.48. The summed E-state index contributed by atoms with van der Waals surface area (Å²) in [5.74, 6) is 0.266. The lowest BCUT2D eigenvalue weighted by Gasteiger charge is -2.48. The van der Waals surface area contributed by atoms with Crippen molar-refractivity contribution in [3.63, 3.8) is 0 Å². The van der Waals surface area contributed by atoms with Gasteiger partial charge in [-0.25, -0.2) is 4.79 Å². The SMILES string of the molecule is CC(C)CCOC1CCC2CC3C(=O)NC(=O)NC3OC2C1Cl. The van der Waals surface area contributed by atoms with Crippen LogP contribution in [0, 0.1) is 17.8 Å². The second kappa shape index (κ2) is 6.95. The minimum absolute atomic E-state index is 0.0265. The van der Waals surface area contributed by atoms with Gasteiger partial charge in [0, 0.05) is 6.61 Å². The van der Waals surface area contributed by atoms with Gasteiger partial charge in [-0.05, 0) is 37.5 Å². The fraction of sp³-hybridized carbons (Fsp3) is 0.875. The van der Waals surface area contributed by atoms with Crippen LogP contribution in [-0.4, -0.2) is 42.4 Å². The second-order valence-electron chi connectivity index (χ2n) is 7.20. The molecule has 0 radical (unpaired) electrons. The summed E-state index contributed by atoms with van der Waals surface area (Å²) < 4.78 is 12.0. The standard InChI is InChI=1S/C16H25ClN2O4/c1-8(2)5-6-22-11-4-3-9-7-10-14(20)18-16(21)19-15(10)23-13(9)12(11)17/h8-13,15H,3-7H2,1-2H3,(H2,18,19,20,21). The number of carbonyl (C=O) groups excluding carboxylic acids is 2. The van der Waals surface area contributed by atoms with E-state index in [0.29, 0.717) is 18.9 Å². The van der Waals surface area contributed by atoms with E-state index in [-0.39, 0.29) is 35.3 Å². The van der Waals surface area contributed by atoms with E-state index in [4.69, 9.17) is 21.1 Å². The van der Waals surface area contributed by atoms with E-state index in [1.807, 2.05) is 0 Å². The topological polar surface area (TPSA) is 76.7 Å². The Morgan fingerprint density at radius 1 is 1.35 bits per heavy atom. The third kappa shape index (κ3) is 3.64. The summed E-state index contributed by atoms with van der Waals surface area (Å²) in [7, 11) is 0. The van der Waals surface area contributed by atoms with Gasteiger partial charge in [0.25, 0.3) is 0 Å². The molecule has 0 aromatic heterocycles. The summed E-state index contributed by atoms with van der Waals surface area (Å²) in [5.41, 5.74) is 0. The molecule has 2 heterocycles. The summed E-state index contributed by atoms with van der Waals surface area (Å²) in [6.45, 7) is 5.04. The lowest BCUT2D eigenvalue weighted by Crippen LogP contribution is -2.65. The fourth-order valence-electron chi connectivity index (χ4n) is 3.70.